The van der Waals surface area contributed by atoms with Crippen LogP contribution >= 0.6 is 11.8 Å². The number of carbonyl (C=O) groups is 8. The highest BCUT2D eigenvalue weighted by atomic mass is 32.2. The minimum Gasteiger partial charge on any atom is -0.393 e. The van der Waals surface area contributed by atoms with Crippen molar-refractivity contribution in [2.24, 2.45) is 11.7 Å². The summed E-state index contributed by atoms with van der Waals surface area (Å²) in [6, 6.07) is -4.07. The van der Waals surface area contributed by atoms with Gasteiger partial charge >= 0.3 is 0 Å². The van der Waals surface area contributed by atoms with Gasteiger partial charge in [0.1, 0.15) is 42.3 Å². The molecule has 8 amide bonds. The molecule has 13 N–H and O–H groups in total. The summed E-state index contributed by atoms with van der Waals surface area (Å²) in [6.07, 6.45) is -4.66. The fourth-order valence-corrected chi connectivity index (χ4v) is 8.35. The topological polar surface area (TPSA) is 335 Å². The molecular weight excluding hydrogens is 795 g/mol. The zero-order chi connectivity index (χ0) is 43.5. The van der Waals surface area contributed by atoms with Gasteiger partial charge in [0, 0.05) is 53.1 Å². The van der Waals surface area contributed by atoms with E-state index >= 15 is 0 Å². The third-order valence-electron chi connectivity index (χ3n) is 10.5. The van der Waals surface area contributed by atoms with E-state index in [2.05, 4.69) is 36.9 Å². The van der Waals surface area contributed by atoms with Crippen molar-refractivity contribution in [3.05, 3.63) is 30.0 Å². The molecule has 10 atom stereocenters. The summed E-state index contributed by atoms with van der Waals surface area (Å²) in [4.78, 5) is 115. The molecule has 1 aromatic heterocycles. The van der Waals surface area contributed by atoms with Crippen molar-refractivity contribution in [1.82, 2.24) is 41.8 Å². The molecular formula is C37H51N9O12S. The number of para-hydroxylation sites is 1. The number of aromatic nitrogens is 1. The highest BCUT2D eigenvalue weighted by Gasteiger charge is 2.45. The predicted molar refractivity (Wildman–Crippen MR) is 208 cm³/mol. The smallest absolute Gasteiger partial charge is 0.248 e. The number of nitrogens with two attached hydrogens (primary N) is 1. The first-order valence-corrected chi connectivity index (χ1v) is 20.0. The number of aromatic amines is 1. The second kappa shape index (κ2) is 18.3. The fraction of sp³-hybridized carbons (Fsp3) is 0.568. The number of amides is 8. The number of nitrogens with zero attached hydrogens (tertiary/aromatic N) is 1. The number of fused-ring (bicyclic) bond motifs is 5. The van der Waals surface area contributed by atoms with Gasteiger partial charge in [-0.25, -0.2) is 0 Å². The molecule has 0 saturated carbocycles. The first-order valence-electron chi connectivity index (χ1n) is 19.0. The molecule has 0 radical (unpaired) electrons. The van der Waals surface area contributed by atoms with E-state index in [4.69, 9.17) is 5.73 Å². The Kier molecular flexibility index (Phi) is 13.9. The van der Waals surface area contributed by atoms with E-state index in [1.807, 2.05) is 0 Å². The first kappa shape index (κ1) is 44.8. The average Bonchev–Trinajstić information content (AvgIpc) is 3.74. The van der Waals surface area contributed by atoms with Gasteiger partial charge in [0.15, 0.2) is 6.10 Å². The van der Waals surface area contributed by atoms with Gasteiger partial charge in [-0.15, -0.1) is 11.8 Å². The van der Waals surface area contributed by atoms with Gasteiger partial charge in [0.05, 0.1) is 18.3 Å². The van der Waals surface area contributed by atoms with Crippen LogP contribution in [0.5, 0.6) is 0 Å². The van der Waals surface area contributed by atoms with E-state index in [0.29, 0.717) is 21.5 Å². The molecule has 0 spiro atoms. The van der Waals surface area contributed by atoms with E-state index in [0.717, 1.165) is 16.7 Å². The van der Waals surface area contributed by atoms with Crippen molar-refractivity contribution in [1.29, 1.82) is 0 Å². The van der Waals surface area contributed by atoms with Gasteiger partial charge in [-0.1, -0.05) is 32.0 Å². The Morgan fingerprint density at radius 1 is 0.898 bits per heavy atom. The van der Waals surface area contributed by atoms with E-state index < -0.39 is 126 Å². The van der Waals surface area contributed by atoms with Crippen molar-refractivity contribution >= 4 is 69.9 Å². The van der Waals surface area contributed by atoms with Gasteiger partial charge in [0.2, 0.25) is 47.3 Å². The quantitative estimate of drug-likeness (QED) is 0.130. The van der Waals surface area contributed by atoms with E-state index in [1.54, 1.807) is 24.3 Å². The molecule has 3 aliphatic heterocycles. The molecule has 4 heterocycles. The summed E-state index contributed by atoms with van der Waals surface area (Å²) in [5.74, 6) is -9.33. The third kappa shape index (κ3) is 10.3. The number of nitrogens with one attached hydrogen (secondary N) is 7. The fourth-order valence-electron chi connectivity index (χ4n) is 7.14. The Morgan fingerprint density at radius 2 is 1.54 bits per heavy atom. The maximum Gasteiger partial charge on any atom is 0.248 e. The number of aliphatic hydroxyl groups is 4. The van der Waals surface area contributed by atoms with Gasteiger partial charge in [-0.3, -0.25) is 38.4 Å². The molecule has 22 heteroatoms. The van der Waals surface area contributed by atoms with Crippen LogP contribution in [0.25, 0.3) is 10.9 Å². The van der Waals surface area contributed by atoms with Crippen LogP contribution in [0.2, 0.25) is 0 Å². The van der Waals surface area contributed by atoms with Crippen LogP contribution < -0.4 is 37.6 Å². The van der Waals surface area contributed by atoms with E-state index in [1.165, 1.54) is 27.7 Å². The molecule has 5 rings (SSSR count). The van der Waals surface area contributed by atoms with Gasteiger partial charge in [0.25, 0.3) is 0 Å². The maximum absolute atomic E-state index is 14.5. The molecule has 2 bridgehead atoms. The lowest BCUT2D eigenvalue weighted by Crippen LogP contribution is -2.64. The van der Waals surface area contributed by atoms with Gasteiger partial charge < -0.3 is 67.9 Å². The van der Waals surface area contributed by atoms with Crippen LogP contribution in [0.15, 0.2) is 29.2 Å². The standard InChI is InChI=1S/C37H51N9O12S/c1-15(2)25-34(55)45-26(27(49)29(38)50)35(56)43-23-13-59-28-18-7-5-6-8-19(18)40-20(28)10-21(31(52)42-22(32(53)44-25)11-37(4,58)14-47)41-30(51)16(3)39-33(54)24-9-17(48)12-46(24)36(23)57/h5-8,15-17,21-27,40,47-49,58H,9-14H2,1-4H3,(H2,38,50)(H,39,54)(H,41,51)(H,42,52)(H,43,56)(H,44,53)(H,45,55). The minimum atomic E-state index is -2.36. The molecule has 10 unspecified atom stereocenters. The summed E-state index contributed by atoms with van der Waals surface area (Å²) >= 11 is 1.04. The normalized spacial score (nSPS) is 29.5. The number of carbonyl (C=O) groups excluding carboxylic acids is 8. The molecule has 59 heavy (non-hydrogen) atoms. The Balaban J connectivity index is 1.73. The molecule has 1 fully saturated rings. The van der Waals surface area contributed by atoms with Crippen molar-refractivity contribution in [3.8, 4) is 0 Å². The van der Waals surface area contributed by atoms with Crippen LogP contribution in [-0.2, 0) is 44.8 Å². The molecule has 21 nitrogen and oxygen atoms in total. The third-order valence-corrected chi connectivity index (χ3v) is 11.7. The number of benzene rings is 1. The van der Waals surface area contributed by atoms with Crippen LogP contribution in [-0.4, -0.2) is 157 Å². The Labute approximate surface area is 342 Å². The summed E-state index contributed by atoms with van der Waals surface area (Å²) < 4.78 is 0. The molecule has 2 aromatic rings. The summed E-state index contributed by atoms with van der Waals surface area (Å²) in [5, 5.41) is 57.8. The van der Waals surface area contributed by atoms with Crippen LogP contribution in [0.3, 0.4) is 0 Å². The van der Waals surface area contributed by atoms with Crippen molar-refractivity contribution in [2.45, 2.75) is 112 Å². The Morgan fingerprint density at radius 3 is 2.20 bits per heavy atom. The molecule has 322 valence electrons. The summed E-state index contributed by atoms with van der Waals surface area (Å²) in [5.41, 5.74) is 4.38. The number of hydrogen-bond donors (Lipinski definition) is 12. The summed E-state index contributed by atoms with van der Waals surface area (Å²) in [6.45, 7) is 4.36. The second-order valence-corrected chi connectivity index (χ2v) is 16.8. The van der Waals surface area contributed by atoms with E-state index in [9.17, 15) is 58.8 Å². The van der Waals surface area contributed by atoms with Gasteiger partial charge in [-0.2, -0.15) is 0 Å². The van der Waals surface area contributed by atoms with Crippen LogP contribution in [0.4, 0.5) is 0 Å². The molecule has 1 saturated heterocycles. The largest absolute Gasteiger partial charge is 0.393 e. The van der Waals surface area contributed by atoms with Crippen molar-refractivity contribution in [3.63, 3.8) is 0 Å². The minimum absolute atomic E-state index is 0.243. The number of rotatable bonds is 6. The monoisotopic (exact) mass is 845 g/mol. The number of thioether (sulfide) groups is 1. The highest BCUT2D eigenvalue weighted by Crippen LogP contribution is 2.34. The zero-order valence-electron chi connectivity index (χ0n) is 32.8. The lowest BCUT2D eigenvalue weighted by Gasteiger charge is -2.32. The van der Waals surface area contributed by atoms with Crippen LogP contribution in [0.1, 0.15) is 46.2 Å². The molecule has 3 aliphatic rings. The number of hydrogen-bond acceptors (Lipinski definition) is 13. The highest BCUT2D eigenvalue weighted by molar-refractivity contribution is 7.99. The molecule has 0 aliphatic carbocycles. The first-order chi connectivity index (χ1) is 27.7. The lowest BCUT2D eigenvalue weighted by atomic mass is 9.95. The molecule has 1 aromatic carbocycles. The maximum atomic E-state index is 14.5. The summed E-state index contributed by atoms with van der Waals surface area (Å²) in [7, 11) is 0. The Hall–Kier alpha value is -5.29. The van der Waals surface area contributed by atoms with E-state index in [-0.39, 0.29) is 25.1 Å². The van der Waals surface area contributed by atoms with Crippen molar-refractivity contribution in [2.75, 3.05) is 18.9 Å². The Bertz CT molecular complexity index is 1990. The number of H-pyrrole nitrogens is 1. The second-order valence-electron chi connectivity index (χ2n) is 15.7. The van der Waals surface area contributed by atoms with Crippen LogP contribution in [0, 0.1) is 5.92 Å². The number of aliphatic hydroxyl groups excluding tert-OH is 3. The average molecular weight is 846 g/mol. The zero-order valence-corrected chi connectivity index (χ0v) is 33.6. The van der Waals surface area contributed by atoms with Crippen molar-refractivity contribution < 1.29 is 58.8 Å². The lowest BCUT2D eigenvalue weighted by molar-refractivity contribution is -0.143. The van der Waals surface area contributed by atoms with Gasteiger partial charge in [-0.05, 0) is 25.8 Å². The predicted octanol–water partition coefficient (Wildman–Crippen LogP) is -4.64. The SMILES string of the molecule is CC1NC(=O)C2CC(O)CN2C(=O)C2CSc3c([nH]c4ccccc34)CC(NC1=O)C(=O)NC(CC(C)(O)CO)C(=O)NC(C(C)C)C(=O)NC(C(O)C(N)=O)C(=O)N2. The number of primary amides is 1.